The number of aromatic carboxylic acids is 1. The highest BCUT2D eigenvalue weighted by Crippen LogP contribution is 2.18. The van der Waals surface area contributed by atoms with E-state index >= 15 is 0 Å². The molecule has 0 aliphatic rings. The molecule has 12 heavy (non-hydrogen) atoms. The lowest BCUT2D eigenvalue weighted by Crippen LogP contribution is -2.24. The number of carbonyl (C=O) groups is 1. The molecule has 1 aromatic rings. The van der Waals surface area contributed by atoms with Crippen molar-refractivity contribution >= 4 is 21.9 Å². The second-order valence-corrected chi connectivity index (χ2v) is 2.95. The van der Waals surface area contributed by atoms with Crippen molar-refractivity contribution in [1.29, 1.82) is 0 Å². The highest BCUT2D eigenvalue weighted by atomic mass is 79.9. The first kappa shape index (κ1) is 9.12. The predicted octanol–water partition coefficient (Wildman–Crippen LogP) is 1.09. The van der Waals surface area contributed by atoms with Gasteiger partial charge in [-0.25, -0.2) is 8.78 Å². The Hall–Kier alpha value is -0.970. The molecule has 0 aromatic heterocycles. The van der Waals surface area contributed by atoms with Crippen LogP contribution in [0.1, 0.15) is 10.4 Å². The van der Waals surface area contributed by atoms with E-state index in [2.05, 4.69) is 15.9 Å². The Bertz CT molecular complexity index is 338. The Morgan fingerprint density at radius 2 is 2.00 bits per heavy atom. The van der Waals surface area contributed by atoms with Gasteiger partial charge in [0.05, 0.1) is 5.97 Å². The van der Waals surface area contributed by atoms with Crippen LogP contribution >= 0.6 is 15.9 Å². The lowest BCUT2D eigenvalue weighted by atomic mass is 10.2. The molecule has 2 nitrogen and oxygen atoms in total. The molecule has 0 aliphatic carbocycles. The van der Waals surface area contributed by atoms with E-state index in [9.17, 15) is 18.7 Å². The monoisotopic (exact) mass is 235 g/mol. The van der Waals surface area contributed by atoms with E-state index in [0.29, 0.717) is 0 Å². The van der Waals surface area contributed by atoms with Crippen LogP contribution in [0.3, 0.4) is 0 Å². The molecule has 0 fully saturated rings. The van der Waals surface area contributed by atoms with Crippen LogP contribution in [0.2, 0.25) is 0 Å². The van der Waals surface area contributed by atoms with Crippen molar-refractivity contribution in [2.75, 3.05) is 0 Å². The van der Waals surface area contributed by atoms with Gasteiger partial charge < -0.3 is 9.90 Å². The van der Waals surface area contributed by atoms with Gasteiger partial charge in [-0.1, -0.05) is 15.9 Å². The lowest BCUT2D eigenvalue weighted by molar-refractivity contribution is -0.255. The van der Waals surface area contributed by atoms with Gasteiger partial charge in [-0.3, -0.25) is 0 Å². The van der Waals surface area contributed by atoms with Gasteiger partial charge in [0.15, 0.2) is 11.6 Å². The van der Waals surface area contributed by atoms with E-state index in [1.807, 2.05) is 0 Å². The molecule has 0 amide bonds. The number of carboxylic acids is 1. The van der Waals surface area contributed by atoms with Crippen LogP contribution in [0.25, 0.3) is 0 Å². The first-order valence-corrected chi connectivity index (χ1v) is 3.67. The number of hydrogen-bond acceptors (Lipinski definition) is 2. The quantitative estimate of drug-likeness (QED) is 0.684. The molecule has 1 rings (SSSR count). The predicted molar refractivity (Wildman–Crippen MR) is 38.4 cm³/mol. The van der Waals surface area contributed by atoms with Gasteiger partial charge in [0.2, 0.25) is 0 Å². The van der Waals surface area contributed by atoms with Gasteiger partial charge >= 0.3 is 0 Å². The van der Waals surface area contributed by atoms with Crippen LogP contribution in [0.15, 0.2) is 16.6 Å². The maximum absolute atomic E-state index is 12.6. The SMILES string of the molecule is O=C([O-])c1cc(Br)cc(F)c1F. The molecule has 0 saturated carbocycles. The van der Waals surface area contributed by atoms with E-state index in [1.165, 1.54) is 0 Å². The molecule has 0 spiro atoms. The normalized spacial score (nSPS) is 9.92. The van der Waals surface area contributed by atoms with E-state index < -0.39 is 23.2 Å². The molecule has 0 radical (unpaired) electrons. The number of rotatable bonds is 1. The molecule has 0 heterocycles. The molecule has 0 saturated heterocycles. The minimum Gasteiger partial charge on any atom is -0.545 e. The summed E-state index contributed by atoms with van der Waals surface area (Å²) < 4.78 is 25.3. The molecule has 64 valence electrons. The molecular formula is C7H2BrF2O2-. The van der Waals surface area contributed by atoms with Gasteiger partial charge in [0.1, 0.15) is 0 Å². The van der Waals surface area contributed by atoms with E-state index in [-0.39, 0.29) is 4.47 Å². The summed E-state index contributed by atoms with van der Waals surface area (Å²) >= 11 is 2.82. The van der Waals surface area contributed by atoms with Crippen LogP contribution in [0, 0.1) is 11.6 Å². The number of halogens is 3. The Morgan fingerprint density at radius 1 is 1.42 bits per heavy atom. The van der Waals surface area contributed by atoms with Crippen LogP contribution in [0.4, 0.5) is 8.78 Å². The summed E-state index contributed by atoms with van der Waals surface area (Å²) in [6.07, 6.45) is 0. The molecule has 0 atom stereocenters. The minimum absolute atomic E-state index is 0.153. The summed E-state index contributed by atoms with van der Waals surface area (Å²) in [4.78, 5) is 10.2. The van der Waals surface area contributed by atoms with Crippen LogP contribution in [-0.4, -0.2) is 5.97 Å². The molecule has 0 aliphatic heterocycles. The minimum atomic E-state index is -1.74. The van der Waals surface area contributed by atoms with Crippen molar-refractivity contribution in [3.05, 3.63) is 33.8 Å². The average Bonchev–Trinajstić information content (AvgIpc) is 1.96. The summed E-state index contributed by atoms with van der Waals surface area (Å²) in [6, 6.07) is 1.77. The third kappa shape index (κ3) is 1.61. The third-order valence-corrected chi connectivity index (χ3v) is 1.67. The first-order valence-electron chi connectivity index (χ1n) is 2.88. The Balaban J connectivity index is 3.37. The molecule has 0 unspecified atom stereocenters. The second kappa shape index (κ2) is 3.18. The summed E-state index contributed by atoms with van der Waals surface area (Å²) in [5.74, 6) is -4.37. The highest BCUT2D eigenvalue weighted by molar-refractivity contribution is 9.10. The highest BCUT2D eigenvalue weighted by Gasteiger charge is 2.09. The van der Waals surface area contributed by atoms with Crippen LogP contribution < -0.4 is 5.11 Å². The Morgan fingerprint density at radius 3 is 2.50 bits per heavy atom. The van der Waals surface area contributed by atoms with Crippen molar-refractivity contribution in [3.63, 3.8) is 0 Å². The average molecular weight is 236 g/mol. The summed E-state index contributed by atoms with van der Waals surface area (Å²) in [5.41, 5.74) is -0.790. The number of carbonyl (C=O) groups excluding carboxylic acids is 1. The van der Waals surface area contributed by atoms with Crippen molar-refractivity contribution in [1.82, 2.24) is 0 Å². The fourth-order valence-electron chi connectivity index (χ4n) is 0.705. The third-order valence-electron chi connectivity index (χ3n) is 1.21. The summed E-state index contributed by atoms with van der Waals surface area (Å²) in [7, 11) is 0. The standard InChI is InChI=1S/C7H3BrF2O2/c8-3-1-4(7(11)12)6(10)5(9)2-3/h1-2H,(H,11,12)/p-1. The van der Waals surface area contributed by atoms with E-state index in [0.717, 1.165) is 12.1 Å². The van der Waals surface area contributed by atoms with E-state index in [4.69, 9.17) is 0 Å². The Labute approximate surface area is 75.0 Å². The maximum Gasteiger partial charge on any atom is 0.167 e. The fraction of sp³-hybridized carbons (Fsp3) is 0. The van der Waals surface area contributed by atoms with Gasteiger partial charge in [0, 0.05) is 10.0 Å². The number of hydrogen-bond donors (Lipinski definition) is 0. The van der Waals surface area contributed by atoms with E-state index in [1.54, 1.807) is 0 Å². The van der Waals surface area contributed by atoms with Gasteiger partial charge in [0.25, 0.3) is 0 Å². The molecule has 0 N–H and O–H groups in total. The zero-order valence-corrected chi connectivity index (χ0v) is 7.19. The van der Waals surface area contributed by atoms with Gasteiger partial charge in [-0.15, -0.1) is 0 Å². The first-order chi connectivity index (χ1) is 5.52. The van der Waals surface area contributed by atoms with Crippen molar-refractivity contribution in [2.24, 2.45) is 0 Å². The van der Waals surface area contributed by atoms with Crippen molar-refractivity contribution in [3.8, 4) is 0 Å². The lowest BCUT2D eigenvalue weighted by Gasteiger charge is -2.04. The van der Waals surface area contributed by atoms with Crippen molar-refractivity contribution < 1.29 is 18.7 Å². The van der Waals surface area contributed by atoms with Crippen LogP contribution in [-0.2, 0) is 0 Å². The summed E-state index contributed by atoms with van der Waals surface area (Å²) in [5, 5.41) is 10.2. The van der Waals surface area contributed by atoms with Gasteiger partial charge in [-0.2, -0.15) is 0 Å². The molecule has 5 heteroatoms. The zero-order valence-electron chi connectivity index (χ0n) is 5.61. The van der Waals surface area contributed by atoms with Crippen molar-refractivity contribution in [2.45, 2.75) is 0 Å². The fourth-order valence-corrected chi connectivity index (χ4v) is 1.13. The molecular weight excluding hydrogens is 234 g/mol. The summed E-state index contributed by atoms with van der Waals surface area (Å²) in [6.45, 7) is 0. The molecule has 0 bridgehead atoms. The Kier molecular flexibility index (Phi) is 2.42. The number of benzene rings is 1. The second-order valence-electron chi connectivity index (χ2n) is 2.04. The van der Waals surface area contributed by atoms with Crippen LogP contribution in [0.5, 0.6) is 0 Å². The topological polar surface area (TPSA) is 40.1 Å². The molecule has 1 aromatic carbocycles. The smallest absolute Gasteiger partial charge is 0.167 e. The maximum atomic E-state index is 12.6. The van der Waals surface area contributed by atoms with Gasteiger partial charge in [-0.05, 0) is 12.1 Å². The zero-order chi connectivity index (χ0) is 9.30. The largest absolute Gasteiger partial charge is 0.545 e. The number of carboxylic acid groups (broad SMARTS) is 1.